The van der Waals surface area contributed by atoms with Crippen LogP contribution in [0.15, 0.2) is 206 Å². The monoisotopic (exact) mass is 810 g/mol. The topological polar surface area (TPSA) is 24.9 Å². The van der Waals surface area contributed by atoms with E-state index < -0.39 is 5.41 Å². The highest BCUT2D eigenvalue weighted by molar-refractivity contribution is 5.99. The van der Waals surface area contributed by atoms with E-state index in [0.29, 0.717) is 0 Å². The maximum Gasteiger partial charge on any atom is 0.151 e. The number of aryl methyl sites for hydroxylation is 1. The summed E-state index contributed by atoms with van der Waals surface area (Å²) in [4.78, 5) is 4.64. The SMILES string of the molecule is C=C/C=C\C1=C(C)C2(c3ccccc31)c1cc(/C=C/c3ccc(N4c5ccccc5Oc5ccccc54)cc3C)ccc1-c1ccc(N3c4ccccc4Oc4ccccc43)cc12. The molecule has 4 aliphatic rings. The molecule has 0 radical (unpaired) electrons. The number of anilines is 6. The van der Waals surface area contributed by atoms with Crippen LogP contribution in [0.5, 0.6) is 23.0 Å². The number of hydrogen-bond donors (Lipinski definition) is 0. The van der Waals surface area contributed by atoms with Crippen molar-refractivity contribution in [1.82, 2.24) is 0 Å². The molecule has 1 spiro atoms. The van der Waals surface area contributed by atoms with E-state index in [9.17, 15) is 0 Å². The Morgan fingerprint density at radius 2 is 0.968 bits per heavy atom. The molecule has 8 aromatic carbocycles. The largest absolute Gasteiger partial charge is 0.453 e. The van der Waals surface area contributed by atoms with Crippen molar-refractivity contribution < 1.29 is 9.47 Å². The van der Waals surface area contributed by atoms with Crippen LogP contribution in [0.1, 0.15) is 45.9 Å². The minimum atomic E-state index is -0.518. The highest BCUT2D eigenvalue weighted by atomic mass is 16.5. The van der Waals surface area contributed by atoms with Crippen LogP contribution in [-0.2, 0) is 5.41 Å². The number of fused-ring (bicyclic) bond motifs is 11. The van der Waals surface area contributed by atoms with Gasteiger partial charge in [-0.05, 0) is 154 Å². The zero-order valence-corrected chi connectivity index (χ0v) is 35.0. The van der Waals surface area contributed by atoms with Crippen LogP contribution in [0.2, 0.25) is 0 Å². The molecular weight excluding hydrogens is 769 g/mol. The molecule has 1 atom stereocenters. The first-order valence-corrected chi connectivity index (χ1v) is 21.5. The maximum absolute atomic E-state index is 6.44. The zero-order valence-electron chi connectivity index (χ0n) is 35.0. The van der Waals surface area contributed by atoms with Crippen molar-refractivity contribution in [3.8, 4) is 34.1 Å². The summed E-state index contributed by atoms with van der Waals surface area (Å²) in [6.07, 6.45) is 10.7. The molecule has 1 unspecified atom stereocenters. The minimum absolute atomic E-state index is 0.518. The van der Waals surface area contributed by atoms with Gasteiger partial charge in [0.1, 0.15) is 0 Å². The fraction of sp³-hybridized carbons (Fsp3) is 0.0508. The molecule has 300 valence electrons. The molecule has 8 aromatic rings. The summed E-state index contributed by atoms with van der Waals surface area (Å²) in [5.41, 5.74) is 19.4. The first-order valence-electron chi connectivity index (χ1n) is 21.5. The lowest BCUT2D eigenvalue weighted by molar-refractivity contribution is 0.476. The molecule has 4 nitrogen and oxygen atoms in total. The van der Waals surface area contributed by atoms with E-state index in [0.717, 1.165) is 62.7 Å². The van der Waals surface area contributed by atoms with E-state index in [1.807, 2.05) is 42.5 Å². The van der Waals surface area contributed by atoms with Gasteiger partial charge in [-0.3, -0.25) is 0 Å². The lowest BCUT2D eigenvalue weighted by atomic mass is 9.70. The van der Waals surface area contributed by atoms with Crippen LogP contribution in [0.3, 0.4) is 0 Å². The molecule has 0 saturated carbocycles. The van der Waals surface area contributed by atoms with Crippen molar-refractivity contribution in [2.45, 2.75) is 19.3 Å². The van der Waals surface area contributed by atoms with Crippen molar-refractivity contribution in [3.63, 3.8) is 0 Å². The Morgan fingerprint density at radius 3 is 1.56 bits per heavy atom. The van der Waals surface area contributed by atoms with Crippen LogP contribution in [0.4, 0.5) is 34.1 Å². The Bertz CT molecular complexity index is 3220. The van der Waals surface area contributed by atoms with E-state index >= 15 is 0 Å². The van der Waals surface area contributed by atoms with E-state index in [-0.39, 0.29) is 0 Å². The fourth-order valence-electron chi connectivity index (χ4n) is 10.4. The molecule has 4 heteroatoms. The quantitative estimate of drug-likeness (QED) is 0.123. The molecule has 2 heterocycles. The highest BCUT2D eigenvalue weighted by Gasteiger charge is 2.51. The van der Waals surface area contributed by atoms with Gasteiger partial charge in [0.25, 0.3) is 0 Å². The predicted octanol–water partition coefficient (Wildman–Crippen LogP) is 16.2. The van der Waals surface area contributed by atoms with Gasteiger partial charge in [0.05, 0.1) is 28.2 Å². The number of benzene rings is 8. The van der Waals surface area contributed by atoms with Crippen molar-refractivity contribution in [2.24, 2.45) is 0 Å². The second-order valence-corrected chi connectivity index (χ2v) is 16.6. The Kier molecular flexibility index (Phi) is 8.31. The van der Waals surface area contributed by atoms with E-state index in [4.69, 9.17) is 9.47 Å². The Labute approximate surface area is 368 Å². The fourth-order valence-corrected chi connectivity index (χ4v) is 10.4. The van der Waals surface area contributed by atoms with Crippen LogP contribution >= 0.6 is 0 Å². The van der Waals surface area contributed by atoms with Gasteiger partial charge in [0.15, 0.2) is 23.0 Å². The number of rotatable bonds is 6. The van der Waals surface area contributed by atoms with Crippen LogP contribution in [-0.4, -0.2) is 0 Å². The summed E-state index contributed by atoms with van der Waals surface area (Å²) in [6, 6.07) is 62.8. The third-order valence-corrected chi connectivity index (χ3v) is 13.2. The Balaban J connectivity index is 0.983. The molecule has 0 bridgehead atoms. The molecular formula is C59H42N2O2. The summed E-state index contributed by atoms with van der Waals surface area (Å²) in [6.45, 7) is 8.55. The number of ether oxygens (including phenoxy) is 2. The summed E-state index contributed by atoms with van der Waals surface area (Å²) in [5, 5.41) is 0. The summed E-state index contributed by atoms with van der Waals surface area (Å²) in [5.74, 6) is 3.38. The average Bonchev–Trinajstić information content (AvgIpc) is 3.75. The van der Waals surface area contributed by atoms with Crippen molar-refractivity contribution >= 4 is 51.8 Å². The third kappa shape index (κ3) is 5.48. The first kappa shape index (κ1) is 36.7. The number of allylic oxidation sites excluding steroid dienone is 5. The van der Waals surface area contributed by atoms with Gasteiger partial charge >= 0.3 is 0 Å². The van der Waals surface area contributed by atoms with Crippen molar-refractivity contribution in [2.75, 3.05) is 9.80 Å². The lowest BCUT2D eigenvalue weighted by Crippen LogP contribution is -2.27. The van der Waals surface area contributed by atoms with E-state index in [1.165, 1.54) is 55.7 Å². The first-order chi connectivity index (χ1) is 31.0. The van der Waals surface area contributed by atoms with Gasteiger partial charge in [0, 0.05) is 11.4 Å². The van der Waals surface area contributed by atoms with Crippen LogP contribution < -0.4 is 19.3 Å². The average molecular weight is 811 g/mol. The van der Waals surface area contributed by atoms with Gasteiger partial charge in [-0.15, -0.1) is 0 Å². The standard InChI is InChI=1S/C59H42N2O2/c1-4-5-16-44-39(3)59(48-18-7-6-17-45(44)48)49-36-40(27-29-41-30-31-42(35-38(41)2)60-51-19-8-12-23-55(51)62-56-24-13-9-20-52(56)60)28-33-46(49)47-34-32-43(37-50(47)59)61-53-21-10-14-25-57(53)63-58-26-15-11-22-54(58)61/h4-37H,1H2,2-3H3/b16-5-,29-27+. The summed E-state index contributed by atoms with van der Waals surface area (Å²) < 4.78 is 12.7. The third-order valence-electron chi connectivity index (χ3n) is 13.2. The van der Waals surface area contributed by atoms with Gasteiger partial charge in [0.2, 0.25) is 0 Å². The summed E-state index contributed by atoms with van der Waals surface area (Å²) >= 11 is 0. The Morgan fingerprint density at radius 1 is 0.460 bits per heavy atom. The number of hydrogen-bond acceptors (Lipinski definition) is 4. The van der Waals surface area contributed by atoms with Crippen LogP contribution in [0, 0.1) is 6.92 Å². The van der Waals surface area contributed by atoms with Crippen LogP contribution in [0.25, 0.3) is 28.9 Å². The van der Waals surface area contributed by atoms with Gasteiger partial charge in [-0.25, -0.2) is 0 Å². The molecule has 2 aliphatic heterocycles. The normalized spacial score (nSPS) is 16.2. The molecule has 2 aliphatic carbocycles. The van der Waals surface area contributed by atoms with E-state index in [1.54, 1.807) is 0 Å². The minimum Gasteiger partial charge on any atom is -0.453 e. The van der Waals surface area contributed by atoms with Gasteiger partial charge in [-0.1, -0.05) is 134 Å². The second kappa shape index (κ2) is 14.3. The predicted molar refractivity (Wildman–Crippen MR) is 260 cm³/mol. The van der Waals surface area contributed by atoms with Gasteiger partial charge in [-0.2, -0.15) is 0 Å². The molecule has 0 amide bonds. The molecule has 0 aromatic heterocycles. The maximum atomic E-state index is 6.44. The van der Waals surface area contributed by atoms with Crippen molar-refractivity contribution in [1.29, 1.82) is 0 Å². The zero-order chi connectivity index (χ0) is 42.2. The number of para-hydroxylation sites is 8. The van der Waals surface area contributed by atoms with E-state index in [2.05, 4.69) is 194 Å². The second-order valence-electron chi connectivity index (χ2n) is 16.6. The molecule has 63 heavy (non-hydrogen) atoms. The Hall–Kier alpha value is -8.08. The molecule has 0 N–H and O–H groups in total. The molecule has 0 fully saturated rings. The van der Waals surface area contributed by atoms with Crippen molar-refractivity contribution in [3.05, 3.63) is 245 Å². The van der Waals surface area contributed by atoms with Gasteiger partial charge < -0.3 is 19.3 Å². The molecule has 12 rings (SSSR count). The lowest BCUT2D eigenvalue weighted by Gasteiger charge is -2.35. The number of nitrogens with zero attached hydrogens (tertiary/aromatic N) is 2. The smallest absolute Gasteiger partial charge is 0.151 e. The summed E-state index contributed by atoms with van der Waals surface area (Å²) in [7, 11) is 0. The molecule has 0 saturated heterocycles. The highest BCUT2D eigenvalue weighted by Crippen LogP contribution is 2.63.